The molecule has 0 saturated heterocycles. The fourth-order valence-electron chi connectivity index (χ4n) is 3.13. The smallest absolute Gasteiger partial charge is 0.230 e. The number of imidazole rings is 1. The van der Waals surface area contributed by atoms with Crippen LogP contribution in [0.3, 0.4) is 0 Å². The van der Waals surface area contributed by atoms with Crippen LogP contribution in [0.1, 0.15) is 0 Å². The molecule has 29 heavy (non-hydrogen) atoms. The van der Waals surface area contributed by atoms with Crippen molar-refractivity contribution in [1.29, 1.82) is 0 Å². The second-order valence-corrected chi connectivity index (χ2v) is 7.56. The monoisotopic (exact) mass is 413 g/mol. The van der Waals surface area contributed by atoms with Crippen molar-refractivity contribution in [1.82, 2.24) is 14.9 Å². The Kier molecular flexibility index (Phi) is 6.21. The molecule has 1 aliphatic rings. The Hall–Kier alpha value is -2.71. The number of rotatable bonds is 8. The van der Waals surface area contributed by atoms with Gasteiger partial charge in [-0.25, -0.2) is 4.98 Å². The van der Waals surface area contributed by atoms with Crippen molar-refractivity contribution in [3.8, 4) is 11.5 Å². The number of benzene rings is 2. The fraction of sp³-hybridized carbons (Fsp3) is 0.333. The van der Waals surface area contributed by atoms with Gasteiger partial charge in [0, 0.05) is 13.7 Å². The molecule has 4 rings (SSSR count). The van der Waals surface area contributed by atoms with Crippen LogP contribution in [0.5, 0.6) is 11.5 Å². The molecule has 1 unspecified atom stereocenters. The lowest BCUT2D eigenvalue weighted by Crippen LogP contribution is -2.41. The van der Waals surface area contributed by atoms with Gasteiger partial charge < -0.3 is 24.1 Å². The van der Waals surface area contributed by atoms with Crippen LogP contribution < -0.4 is 14.8 Å². The molecule has 8 heteroatoms. The summed E-state index contributed by atoms with van der Waals surface area (Å²) < 4.78 is 18.9. The van der Waals surface area contributed by atoms with E-state index in [1.54, 1.807) is 7.11 Å². The third-order valence-corrected chi connectivity index (χ3v) is 5.54. The molecule has 0 aliphatic carbocycles. The highest BCUT2D eigenvalue weighted by atomic mass is 32.2. The summed E-state index contributed by atoms with van der Waals surface area (Å²) in [6, 6.07) is 15.5. The first-order chi connectivity index (χ1) is 14.2. The molecule has 0 spiro atoms. The summed E-state index contributed by atoms with van der Waals surface area (Å²) in [5, 5.41) is 3.73. The number of thioether (sulfide) groups is 1. The molecule has 1 N–H and O–H groups in total. The van der Waals surface area contributed by atoms with Gasteiger partial charge in [0.25, 0.3) is 0 Å². The van der Waals surface area contributed by atoms with Gasteiger partial charge in [-0.05, 0) is 24.3 Å². The third kappa shape index (κ3) is 4.65. The molecule has 0 radical (unpaired) electrons. The maximum absolute atomic E-state index is 12.4. The van der Waals surface area contributed by atoms with E-state index in [-0.39, 0.29) is 17.8 Å². The molecule has 1 amide bonds. The van der Waals surface area contributed by atoms with Crippen LogP contribution >= 0.6 is 11.8 Å². The Morgan fingerprint density at radius 3 is 2.90 bits per heavy atom. The fourth-order valence-corrected chi connectivity index (χ4v) is 4.01. The van der Waals surface area contributed by atoms with Gasteiger partial charge in [-0.15, -0.1) is 0 Å². The van der Waals surface area contributed by atoms with Gasteiger partial charge in [-0.3, -0.25) is 4.79 Å². The Morgan fingerprint density at radius 1 is 1.24 bits per heavy atom. The molecule has 152 valence electrons. The number of nitrogens with zero attached hydrogens (tertiary/aromatic N) is 2. The molecule has 3 aromatic rings. The van der Waals surface area contributed by atoms with E-state index < -0.39 is 0 Å². The number of fused-ring (bicyclic) bond motifs is 2. The van der Waals surface area contributed by atoms with Gasteiger partial charge in [-0.1, -0.05) is 36.0 Å². The van der Waals surface area contributed by atoms with E-state index >= 15 is 0 Å². The van der Waals surface area contributed by atoms with Crippen LogP contribution in [0.2, 0.25) is 0 Å². The van der Waals surface area contributed by atoms with Crippen LogP contribution in [0.4, 0.5) is 0 Å². The minimum atomic E-state index is -0.204. The SMILES string of the molecule is COCCn1c(SCC(=O)NCC2COc3ccccc3O2)nc2ccccc21. The van der Waals surface area contributed by atoms with Crippen LogP contribution in [-0.4, -0.2) is 54.2 Å². The summed E-state index contributed by atoms with van der Waals surface area (Å²) in [6.07, 6.45) is -0.204. The van der Waals surface area contributed by atoms with Crippen LogP contribution in [0.25, 0.3) is 11.0 Å². The van der Waals surface area contributed by atoms with E-state index in [0.29, 0.717) is 32.1 Å². The summed E-state index contributed by atoms with van der Waals surface area (Å²) in [5.41, 5.74) is 1.96. The minimum Gasteiger partial charge on any atom is -0.486 e. The first-order valence-corrected chi connectivity index (χ1v) is 10.5. The van der Waals surface area contributed by atoms with Crippen molar-refractivity contribution < 1.29 is 19.0 Å². The summed E-state index contributed by atoms with van der Waals surface area (Å²) in [7, 11) is 1.68. The number of carbonyl (C=O) groups excluding carboxylic acids is 1. The Labute approximate surface area is 173 Å². The van der Waals surface area contributed by atoms with Crippen molar-refractivity contribution >= 4 is 28.7 Å². The number of ether oxygens (including phenoxy) is 3. The topological polar surface area (TPSA) is 74.6 Å². The summed E-state index contributed by atoms with van der Waals surface area (Å²) in [4.78, 5) is 17.0. The van der Waals surface area contributed by atoms with Crippen molar-refractivity contribution in [3.05, 3.63) is 48.5 Å². The van der Waals surface area contributed by atoms with E-state index in [1.807, 2.05) is 48.5 Å². The number of amides is 1. The molecule has 2 aromatic carbocycles. The average Bonchev–Trinajstić information content (AvgIpc) is 3.12. The predicted molar refractivity (Wildman–Crippen MR) is 112 cm³/mol. The second-order valence-electron chi connectivity index (χ2n) is 6.62. The number of carbonyl (C=O) groups is 1. The molecular formula is C21H23N3O4S. The van der Waals surface area contributed by atoms with E-state index in [1.165, 1.54) is 11.8 Å². The van der Waals surface area contributed by atoms with E-state index in [9.17, 15) is 4.79 Å². The molecule has 0 fully saturated rings. The average molecular weight is 413 g/mol. The molecule has 1 aliphatic heterocycles. The van der Waals surface area contributed by atoms with E-state index in [0.717, 1.165) is 21.9 Å². The first-order valence-electron chi connectivity index (χ1n) is 9.47. The zero-order valence-corrected chi connectivity index (χ0v) is 17.0. The maximum atomic E-state index is 12.4. The summed E-state index contributed by atoms with van der Waals surface area (Å²) in [5.74, 6) is 1.66. The normalized spacial score (nSPS) is 15.4. The molecule has 0 saturated carbocycles. The largest absolute Gasteiger partial charge is 0.486 e. The van der Waals surface area contributed by atoms with Gasteiger partial charge in [-0.2, -0.15) is 0 Å². The quantitative estimate of drug-likeness (QED) is 0.573. The number of aromatic nitrogens is 2. The Bertz CT molecular complexity index is 991. The zero-order valence-electron chi connectivity index (χ0n) is 16.2. The Balaban J connectivity index is 1.32. The van der Waals surface area contributed by atoms with E-state index in [2.05, 4.69) is 14.9 Å². The van der Waals surface area contributed by atoms with Gasteiger partial charge in [0.15, 0.2) is 16.7 Å². The lowest BCUT2D eigenvalue weighted by molar-refractivity contribution is -0.119. The molecule has 0 bridgehead atoms. The molecule has 2 heterocycles. The maximum Gasteiger partial charge on any atom is 0.230 e. The van der Waals surface area contributed by atoms with Gasteiger partial charge in [0.05, 0.1) is 29.9 Å². The zero-order chi connectivity index (χ0) is 20.1. The standard InChI is InChI=1S/C21H23N3O4S/c1-26-11-10-24-17-7-3-2-6-16(17)23-21(24)29-14-20(25)22-12-15-13-27-18-8-4-5-9-19(18)28-15/h2-9,15H,10-14H2,1H3,(H,22,25). The number of methoxy groups -OCH3 is 1. The second kappa shape index (κ2) is 9.19. The molecule has 1 aromatic heterocycles. The molecule has 1 atom stereocenters. The first kappa shape index (κ1) is 19.6. The third-order valence-electron chi connectivity index (χ3n) is 4.57. The van der Waals surface area contributed by atoms with Crippen LogP contribution in [0.15, 0.2) is 53.7 Å². The van der Waals surface area contributed by atoms with Crippen LogP contribution in [0, 0.1) is 0 Å². The summed E-state index contributed by atoms with van der Waals surface area (Å²) in [6.45, 7) is 2.08. The highest BCUT2D eigenvalue weighted by Crippen LogP contribution is 2.30. The number of hydrogen-bond donors (Lipinski definition) is 1. The Morgan fingerprint density at radius 2 is 2.03 bits per heavy atom. The van der Waals surface area contributed by atoms with Crippen LogP contribution in [-0.2, 0) is 16.1 Å². The number of nitrogens with one attached hydrogen (secondary N) is 1. The lowest BCUT2D eigenvalue weighted by atomic mass is 10.2. The lowest BCUT2D eigenvalue weighted by Gasteiger charge is -2.26. The van der Waals surface area contributed by atoms with Crippen molar-refractivity contribution in [2.45, 2.75) is 17.8 Å². The highest BCUT2D eigenvalue weighted by Gasteiger charge is 2.21. The predicted octanol–water partition coefficient (Wildman–Crippen LogP) is 2.73. The van der Waals surface area contributed by atoms with Gasteiger partial charge in [0.1, 0.15) is 12.7 Å². The van der Waals surface area contributed by atoms with Crippen molar-refractivity contribution in [2.24, 2.45) is 0 Å². The molecular weight excluding hydrogens is 390 g/mol. The minimum absolute atomic E-state index is 0.0668. The highest BCUT2D eigenvalue weighted by molar-refractivity contribution is 7.99. The van der Waals surface area contributed by atoms with Gasteiger partial charge in [0.2, 0.25) is 5.91 Å². The van der Waals surface area contributed by atoms with E-state index in [4.69, 9.17) is 14.2 Å². The van der Waals surface area contributed by atoms with Gasteiger partial charge >= 0.3 is 0 Å². The van der Waals surface area contributed by atoms with Crippen molar-refractivity contribution in [2.75, 3.05) is 32.6 Å². The summed E-state index contributed by atoms with van der Waals surface area (Å²) >= 11 is 1.42. The number of para-hydroxylation sites is 4. The van der Waals surface area contributed by atoms with Crippen molar-refractivity contribution in [3.63, 3.8) is 0 Å². The number of hydrogen-bond acceptors (Lipinski definition) is 6. The molecule has 7 nitrogen and oxygen atoms in total.